The third-order valence-electron chi connectivity index (χ3n) is 9.51. The Morgan fingerprint density at radius 3 is 2.45 bits per heavy atom. The lowest BCUT2D eigenvalue weighted by Crippen LogP contribution is -2.50. The van der Waals surface area contributed by atoms with Crippen molar-refractivity contribution in [3.63, 3.8) is 0 Å². The number of ether oxygens (including phenoxy) is 1. The number of carboxylic acid groups (broad SMARTS) is 1. The SMILES string of the molecule is Cc1ccc(CN2CCC3(CC2)OCc2c3c(=O)n(C[C@H](NCCCC(=O)O)c3ccccc3)c(=O)n2Cc2c(C)cccc2F)o1. The highest BCUT2D eigenvalue weighted by Gasteiger charge is 2.47. The zero-order valence-electron chi connectivity index (χ0n) is 26.8. The van der Waals surface area contributed by atoms with Gasteiger partial charge in [0.2, 0.25) is 0 Å². The van der Waals surface area contributed by atoms with E-state index in [1.807, 2.05) is 49.4 Å². The molecule has 0 amide bonds. The fourth-order valence-electron chi connectivity index (χ4n) is 6.91. The van der Waals surface area contributed by atoms with Crippen LogP contribution in [0, 0.1) is 19.7 Å². The number of furan rings is 1. The molecule has 248 valence electrons. The molecule has 0 aliphatic carbocycles. The molecule has 1 saturated heterocycles. The van der Waals surface area contributed by atoms with Gasteiger partial charge in [-0.15, -0.1) is 0 Å². The van der Waals surface area contributed by atoms with Gasteiger partial charge in [-0.05, 0) is 69.0 Å². The van der Waals surface area contributed by atoms with Crippen LogP contribution in [0.4, 0.5) is 4.39 Å². The first kappa shape index (κ1) is 32.6. The second kappa shape index (κ2) is 13.8. The van der Waals surface area contributed by atoms with Crippen LogP contribution in [-0.2, 0) is 41.4 Å². The normalized spacial score (nSPS) is 16.4. The molecule has 47 heavy (non-hydrogen) atoms. The molecule has 0 radical (unpaired) electrons. The van der Waals surface area contributed by atoms with Crippen molar-refractivity contribution in [1.29, 1.82) is 0 Å². The largest absolute Gasteiger partial charge is 0.481 e. The Labute approximate surface area is 272 Å². The Balaban J connectivity index is 1.39. The maximum absolute atomic E-state index is 15.2. The predicted molar refractivity (Wildman–Crippen MR) is 174 cm³/mol. The van der Waals surface area contributed by atoms with Crippen molar-refractivity contribution in [3.05, 3.63) is 127 Å². The molecule has 2 aromatic carbocycles. The Morgan fingerprint density at radius 1 is 1.00 bits per heavy atom. The van der Waals surface area contributed by atoms with Crippen molar-refractivity contribution in [2.24, 2.45) is 0 Å². The zero-order chi connectivity index (χ0) is 33.1. The average Bonchev–Trinajstić information content (AvgIpc) is 3.64. The number of piperidine rings is 1. The van der Waals surface area contributed by atoms with Crippen molar-refractivity contribution < 1.29 is 23.4 Å². The van der Waals surface area contributed by atoms with Crippen LogP contribution < -0.4 is 16.6 Å². The molecule has 4 aromatic rings. The molecular weight excluding hydrogens is 603 g/mol. The molecule has 4 heterocycles. The minimum absolute atomic E-state index is 0.00148. The van der Waals surface area contributed by atoms with Crippen LogP contribution in [0.2, 0.25) is 0 Å². The topological polar surface area (TPSA) is 119 Å². The van der Waals surface area contributed by atoms with Crippen LogP contribution in [-0.4, -0.2) is 44.7 Å². The van der Waals surface area contributed by atoms with Gasteiger partial charge in [0.15, 0.2) is 0 Å². The van der Waals surface area contributed by atoms with Gasteiger partial charge < -0.3 is 19.6 Å². The molecule has 11 heteroatoms. The molecule has 0 bridgehead atoms. The average molecular weight is 645 g/mol. The van der Waals surface area contributed by atoms with Gasteiger partial charge in [-0.3, -0.25) is 23.6 Å². The number of benzene rings is 2. The van der Waals surface area contributed by atoms with Crippen LogP contribution in [0.15, 0.2) is 74.7 Å². The highest BCUT2D eigenvalue weighted by molar-refractivity contribution is 5.66. The Hall–Kier alpha value is -4.32. The number of carbonyl (C=O) groups is 1. The van der Waals surface area contributed by atoms with Crippen LogP contribution in [0.3, 0.4) is 0 Å². The number of fused-ring (bicyclic) bond motifs is 2. The van der Waals surface area contributed by atoms with E-state index in [2.05, 4.69) is 10.2 Å². The number of hydrogen-bond acceptors (Lipinski definition) is 7. The molecule has 0 unspecified atom stereocenters. The molecule has 10 nitrogen and oxygen atoms in total. The monoisotopic (exact) mass is 644 g/mol. The number of aryl methyl sites for hydroxylation is 2. The number of aromatic nitrogens is 2. The van der Waals surface area contributed by atoms with Crippen LogP contribution in [0.25, 0.3) is 0 Å². The van der Waals surface area contributed by atoms with E-state index in [4.69, 9.17) is 14.3 Å². The Morgan fingerprint density at radius 2 is 1.77 bits per heavy atom. The van der Waals surface area contributed by atoms with E-state index in [1.165, 1.54) is 15.2 Å². The molecule has 0 saturated carbocycles. The number of rotatable bonds is 12. The molecule has 1 fully saturated rings. The van der Waals surface area contributed by atoms with Gasteiger partial charge in [0, 0.05) is 25.1 Å². The number of carboxylic acids is 1. The first-order valence-electron chi connectivity index (χ1n) is 16.2. The van der Waals surface area contributed by atoms with Gasteiger partial charge in [-0.1, -0.05) is 42.5 Å². The van der Waals surface area contributed by atoms with Crippen molar-refractivity contribution in [1.82, 2.24) is 19.4 Å². The van der Waals surface area contributed by atoms with Crippen LogP contribution in [0.1, 0.15) is 71.2 Å². The number of nitrogens with one attached hydrogen (secondary N) is 1. The summed E-state index contributed by atoms with van der Waals surface area (Å²) >= 11 is 0. The molecule has 6 rings (SSSR count). The van der Waals surface area contributed by atoms with Crippen LogP contribution in [0.5, 0.6) is 0 Å². The van der Waals surface area contributed by atoms with Crippen molar-refractivity contribution in [2.75, 3.05) is 19.6 Å². The molecule has 1 spiro atoms. The lowest BCUT2D eigenvalue weighted by molar-refractivity contribution is -0.137. The summed E-state index contributed by atoms with van der Waals surface area (Å²) in [5, 5.41) is 12.5. The summed E-state index contributed by atoms with van der Waals surface area (Å²) in [6, 6.07) is 17.8. The highest BCUT2D eigenvalue weighted by atomic mass is 19.1. The summed E-state index contributed by atoms with van der Waals surface area (Å²) in [5.74, 6) is 0.432. The van der Waals surface area contributed by atoms with E-state index in [9.17, 15) is 14.4 Å². The number of hydrogen-bond donors (Lipinski definition) is 2. The summed E-state index contributed by atoms with van der Waals surface area (Å²) in [5.41, 5.74) is 1.12. The van der Waals surface area contributed by atoms with E-state index in [0.29, 0.717) is 67.8 Å². The fraction of sp³-hybridized carbons (Fsp3) is 0.417. The summed E-state index contributed by atoms with van der Waals surface area (Å²) in [7, 11) is 0. The lowest BCUT2D eigenvalue weighted by Gasteiger charge is -2.38. The second-order valence-corrected chi connectivity index (χ2v) is 12.6. The number of halogens is 1. The van der Waals surface area contributed by atoms with E-state index in [-0.39, 0.29) is 26.1 Å². The molecule has 2 aliphatic rings. The second-order valence-electron chi connectivity index (χ2n) is 12.6. The van der Waals surface area contributed by atoms with Gasteiger partial charge in [0.1, 0.15) is 22.9 Å². The van der Waals surface area contributed by atoms with Crippen molar-refractivity contribution >= 4 is 5.97 Å². The van der Waals surface area contributed by atoms with Gasteiger partial charge in [-0.2, -0.15) is 0 Å². The number of likely N-dealkylation sites (tertiary alicyclic amines) is 1. The van der Waals surface area contributed by atoms with Crippen LogP contribution >= 0.6 is 0 Å². The summed E-state index contributed by atoms with van der Waals surface area (Å²) in [4.78, 5) is 42.2. The molecule has 2 aliphatic heterocycles. The van der Waals surface area contributed by atoms with E-state index in [1.54, 1.807) is 19.1 Å². The van der Waals surface area contributed by atoms with E-state index < -0.39 is 34.7 Å². The molecular formula is C36H41FN4O6. The highest BCUT2D eigenvalue weighted by Crippen LogP contribution is 2.42. The maximum Gasteiger partial charge on any atom is 0.331 e. The smallest absolute Gasteiger partial charge is 0.331 e. The summed E-state index contributed by atoms with van der Waals surface area (Å²) in [6.45, 7) is 6.15. The van der Waals surface area contributed by atoms with E-state index in [0.717, 1.165) is 17.1 Å². The maximum atomic E-state index is 15.2. The first-order chi connectivity index (χ1) is 22.6. The third kappa shape index (κ3) is 6.88. The Bertz CT molecular complexity index is 1840. The molecule has 2 aromatic heterocycles. The van der Waals surface area contributed by atoms with Gasteiger partial charge >= 0.3 is 11.7 Å². The van der Waals surface area contributed by atoms with Gasteiger partial charge in [-0.25, -0.2) is 9.18 Å². The fourth-order valence-corrected chi connectivity index (χ4v) is 6.91. The minimum Gasteiger partial charge on any atom is -0.481 e. The van der Waals surface area contributed by atoms with Crippen molar-refractivity contribution in [2.45, 2.75) is 77.4 Å². The first-order valence-corrected chi connectivity index (χ1v) is 16.2. The molecule has 1 atom stereocenters. The summed E-state index contributed by atoms with van der Waals surface area (Å²) < 4.78 is 30.2. The van der Waals surface area contributed by atoms with E-state index >= 15 is 4.39 Å². The Kier molecular flexibility index (Phi) is 9.58. The molecule has 2 N–H and O–H groups in total. The summed E-state index contributed by atoms with van der Waals surface area (Å²) in [6.07, 6.45) is 1.50. The predicted octanol–water partition coefficient (Wildman–Crippen LogP) is 4.62. The van der Waals surface area contributed by atoms with Gasteiger partial charge in [0.05, 0.1) is 43.5 Å². The quantitative estimate of drug-likeness (QED) is 0.215. The van der Waals surface area contributed by atoms with Crippen molar-refractivity contribution in [3.8, 4) is 0 Å². The minimum atomic E-state index is -0.889. The third-order valence-corrected chi connectivity index (χ3v) is 9.51. The standard InChI is InChI=1S/C36H41FN4O6/c1-24-8-6-11-29(37)28(24)21-40-31-23-46-36(15-18-39(19-16-36)20-27-14-13-25(2)47-27)33(31)34(44)41(35(40)45)22-30(26-9-4-3-5-10-26)38-17-7-12-32(42)43/h3-6,8-11,13-14,30,38H,7,12,15-23H2,1-2H3,(H,42,43)/t30-/m0/s1. The lowest BCUT2D eigenvalue weighted by atomic mass is 9.85. The number of nitrogens with zero attached hydrogens (tertiary/aromatic N) is 3. The van der Waals surface area contributed by atoms with Gasteiger partial charge in [0.25, 0.3) is 5.56 Å². The number of aliphatic carboxylic acids is 1. The zero-order valence-corrected chi connectivity index (χ0v) is 26.8.